The van der Waals surface area contributed by atoms with Crippen LogP contribution in [0.3, 0.4) is 0 Å². The standard InChI is InChI=1S/C32H50O3/c1-20(2)22-11-16-32(19-35-21(3)33)18-17-30(7)23(27(22)32)9-10-25-29(6)14-13-26(34)28(4,5)24(29)12-15-31(25,30)8/h22-25,27H,1,9-19H2,2-8H3/t22-,23-,24-,25+,27-,29+,30+,31-,32-/m0/s1. The average molecular weight is 483 g/mol. The van der Waals surface area contributed by atoms with Crippen LogP contribution in [0.1, 0.15) is 113 Å². The maximum atomic E-state index is 13.0. The molecule has 0 saturated heterocycles. The Morgan fingerprint density at radius 2 is 1.60 bits per heavy atom. The molecule has 0 spiro atoms. The van der Waals surface area contributed by atoms with Crippen LogP contribution < -0.4 is 0 Å². The van der Waals surface area contributed by atoms with E-state index in [1.165, 1.54) is 56.9 Å². The third-order valence-electron chi connectivity index (χ3n) is 13.5. The number of ketones is 1. The van der Waals surface area contributed by atoms with E-state index >= 15 is 0 Å². The van der Waals surface area contributed by atoms with Crippen molar-refractivity contribution in [1.29, 1.82) is 0 Å². The van der Waals surface area contributed by atoms with Crippen molar-refractivity contribution in [3.63, 3.8) is 0 Å². The van der Waals surface area contributed by atoms with Gasteiger partial charge < -0.3 is 4.74 Å². The lowest BCUT2D eigenvalue weighted by molar-refractivity contribution is -0.237. The van der Waals surface area contributed by atoms with Crippen LogP contribution in [0.25, 0.3) is 0 Å². The van der Waals surface area contributed by atoms with Gasteiger partial charge in [0.05, 0.1) is 6.61 Å². The van der Waals surface area contributed by atoms with Gasteiger partial charge >= 0.3 is 5.97 Å². The molecule has 0 unspecified atom stereocenters. The van der Waals surface area contributed by atoms with Crippen molar-refractivity contribution in [1.82, 2.24) is 0 Å². The Hall–Kier alpha value is -1.12. The lowest BCUT2D eigenvalue weighted by Crippen LogP contribution is -2.66. The summed E-state index contributed by atoms with van der Waals surface area (Å²) in [4.78, 5) is 24.8. The molecule has 0 amide bonds. The summed E-state index contributed by atoms with van der Waals surface area (Å²) >= 11 is 0. The van der Waals surface area contributed by atoms with Crippen LogP contribution in [-0.2, 0) is 14.3 Å². The first-order chi connectivity index (χ1) is 16.2. The van der Waals surface area contributed by atoms with Crippen LogP contribution in [0.4, 0.5) is 0 Å². The second kappa shape index (κ2) is 7.94. The number of esters is 1. The Bertz CT molecular complexity index is 933. The van der Waals surface area contributed by atoms with Crippen molar-refractivity contribution >= 4 is 11.8 Å². The van der Waals surface area contributed by atoms with E-state index in [0.717, 1.165) is 12.8 Å². The van der Waals surface area contributed by atoms with Crippen molar-refractivity contribution < 1.29 is 14.3 Å². The molecule has 5 aliphatic carbocycles. The van der Waals surface area contributed by atoms with E-state index in [2.05, 4.69) is 48.1 Å². The summed E-state index contributed by atoms with van der Waals surface area (Å²) in [6.07, 6.45) is 11.6. The van der Waals surface area contributed by atoms with Crippen molar-refractivity contribution in [2.24, 2.45) is 56.7 Å². The van der Waals surface area contributed by atoms with Gasteiger partial charge in [-0.3, -0.25) is 9.59 Å². The van der Waals surface area contributed by atoms with E-state index in [4.69, 9.17) is 4.74 Å². The zero-order valence-corrected chi connectivity index (χ0v) is 23.6. The van der Waals surface area contributed by atoms with Gasteiger partial charge in [-0.25, -0.2) is 0 Å². The van der Waals surface area contributed by atoms with Crippen LogP contribution in [0, 0.1) is 56.7 Å². The molecule has 0 bridgehead atoms. The minimum atomic E-state index is -0.186. The Morgan fingerprint density at radius 3 is 2.26 bits per heavy atom. The summed E-state index contributed by atoms with van der Waals surface area (Å²) in [6, 6.07) is 0. The molecule has 0 heterocycles. The fourth-order valence-electron chi connectivity index (χ4n) is 11.6. The van der Waals surface area contributed by atoms with Crippen molar-refractivity contribution in [2.45, 2.75) is 113 Å². The minimum Gasteiger partial charge on any atom is -0.465 e. The minimum absolute atomic E-state index is 0.128. The number of rotatable bonds is 3. The number of fused-ring (bicyclic) bond motifs is 7. The molecule has 5 saturated carbocycles. The summed E-state index contributed by atoms with van der Waals surface area (Å²) in [5, 5.41) is 0. The number of allylic oxidation sites excluding steroid dienone is 1. The molecule has 5 fully saturated rings. The van der Waals surface area contributed by atoms with Crippen molar-refractivity contribution in [2.75, 3.05) is 6.61 Å². The maximum Gasteiger partial charge on any atom is 0.302 e. The van der Waals surface area contributed by atoms with Crippen LogP contribution in [-0.4, -0.2) is 18.4 Å². The Labute approximate surface area is 214 Å². The fourth-order valence-corrected chi connectivity index (χ4v) is 11.6. The lowest BCUT2D eigenvalue weighted by Gasteiger charge is -2.72. The molecule has 5 aliphatic rings. The number of hydrogen-bond acceptors (Lipinski definition) is 3. The molecule has 0 aromatic heterocycles. The number of hydrogen-bond donors (Lipinski definition) is 0. The van der Waals surface area contributed by atoms with Crippen LogP contribution in [0.2, 0.25) is 0 Å². The Morgan fingerprint density at radius 1 is 0.886 bits per heavy atom. The molecule has 3 heteroatoms. The third-order valence-corrected chi connectivity index (χ3v) is 13.5. The second-order valence-electron chi connectivity index (χ2n) is 15.0. The molecular formula is C32H50O3. The monoisotopic (exact) mass is 482 g/mol. The summed E-state index contributed by atoms with van der Waals surface area (Å²) in [7, 11) is 0. The van der Waals surface area contributed by atoms with Crippen LogP contribution in [0.5, 0.6) is 0 Å². The van der Waals surface area contributed by atoms with Gasteiger partial charge in [0.1, 0.15) is 5.78 Å². The highest BCUT2D eigenvalue weighted by molar-refractivity contribution is 5.85. The molecule has 0 aromatic rings. The SMILES string of the molecule is C=C(C)[C@@H]1CC[C@@]2(COC(C)=O)CC[C@]3(C)[C@@H](CC[C@@H]4[C@]5(C)CCC(=O)C(C)(C)[C@@H]5CC[C@@]43C)[C@H]12. The Kier molecular flexibility index (Phi) is 5.79. The highest BCUT2D eigenvalue weighted by Crippen LogP contribution is 2.77. The molecule has 0 aromatic carbocycles. The number of carbonyl (C=O) groups excluding carboxylic acids is 2. The third kappa shape index (κ3) is 3.27. The highest BCUT2D eigenvalue weighted by Gasteiger charge is 2.71. The molecular weight excluding hydrogens is 432 g/mol. The molecule has 9 atom stereocenters. The lowest BCUT2D eigenvalue weighted by atomic mass is 9.32. The normalized spacial score (nSPS) is 50.4. The molecule has 35 heavy (non-hydrogen) atoms. The molecule has 196 valence electrons. The van der Waals surface area contributed by atoms with Gasteiger partial charge in [-0.05, 0) is 111 Å². The van der Waals surface area contributed by atoms with Gasteiger partial charge in [0, 0.05) is 24.2 Å². The van der Waals surface area contributed by atoms with Gasteiger partial charge in [-0.2, -0.15) is 0 Å². The van der Waals surface area contributed by atoms with Crippen LogP contribution >= 0.6 is 0 Å². The summed E-state index contributed by atoms with van der Waals surface area (Å²) < 4.78 is 5.78. The largest absolute Gasteiger partial charge is 0.465 e. The molecule has 3 nitrogen and oxygen atoms in total. The first-order valence-electron chi connectivity index (χ1n) is 14.5. The Balaban J connectivity index is 1.53. The van der Waals surface area contributed by atoms with E-state index in [0.29, 0.717) is 47.4 Å². The van der Waals surface area contributed by atoms with Gasteiger partial charge in [-0.1, -0.05) is 46.8 Å². The summed E-state index contributed by atoms with van der Waals surface area (Å²) in [5.74, 6) is 3.34. The zero-order valence-electron chi connectivity index (χ0n) is 23.6. The van der Waals surface area contributed by atoms with E-state index in [-0.39, 0.29) is 27.6 Å². The van der Waals surface area contributed by atoms with Crippen LogP contribution in [0.15, 0.2) is 12.2 Å². The summed E-state index contributed by atoms with van der Waals surface area (Å²) in [5.41, 5.74) is 2.12. The second-order valence-corrected chi connectivity index (χ2v) is 15.0. The predicted octanol–water partition coefficient (Wildman–Crippen LogP) is 7.78. The number of Topliss-reactive ketones (excluding diaryl/α,β-unsaturated/α-hetero) is 1. The molecule has 0 N–H and O–H groups in total. The predicted molar refractivity (Wildman–Crippen MR) is 141 cm³/mol. The number of ether oxygens (including phenoxy) is 1. The highest BCUT2D eigenvalue weighted by atomic mass is 16.5. The zero-order chi connectivity index (χ0) is 25.6. The molecule has 0 aliphatic heterocycles. The fraction of sp³-hybridized carbons (Fsp3) is 0.875. The van der Waals surface area contributed by atoms with Crippen molar-refractivity contribution in [3.05, 3.63) is 12.2 Å². The topological polar surface area (TPSA) is 43.4 Å². The van der Waals surface area contributed by atoms with Gasteiger partial charge in [0.25, 0.3) is 0 Å². The number of carbonyl (C=O) groups is 2. The van der Waals surface area contributed by atoms with E-state index in [1.54, 1.807) is 6.92 Å². The van der Waals surface area contributed by atoms with Gasteiger partial charge in [-0.15, -0.1) is 0 Å². The quantitative estimate of drug-likeness (QED) is 0.305. The smallest absolute Gasteiger partial charge is 0.302 e. The molecule has 0 radical (unpaired) electrons. The average Bonchev–Trinajstić information content (AvgIpc) is 3.16. The first kappa shape index (κ1) is 25.5. The van der Waals surface area contributed by atoms with Crippen molar-refractivity contribution in [3.8, 4) is 0 Å². The van der Waals surface area contributed by atoms with E-state index in [1.807, 2.05) is 0 Å². The van der Waals surface area contributed by atoms with Gasteiger partial charge in [0.2, 0.25) is 0 Å². The van der Waals surface area contributed by atoms with E-state index in [9.17, 15) is 9.59 Å². The molecule has 5 rings (SSSR count). The summed E-state index contributed by atoms with van der Waals surface area (Å²) in [6.45, 7) is 21.2. The van der Waals surface area contributed by atoms with Gasteiger partial charge in [0.15, 0.2) is 0 Å². The van der Waals surface area contributed by atoms with E-state index < -0.39 is 0 Å². The first-order valence-corrected chi connectivity index (χ1v) is 14.5. The maximum absolute atomic E-state index is 13.0.